The van der Waals surface area contributed by atoms with Gasteiger partial charge >= 0.3 is 0 Å². The zero-order chi connectivity index (χ0) is 24.4. The lowest BCUT2D eigenvalue weighted by Crippen LogP contribution is -2.23. The second-order valence-corrected chi connectivity index (χ2v) is 8.55. The maximum absolute atomic E-state index is 12.9. The fourth-order valence-electron chi connectivity index (χ4n) is 4.18. The van der Waals surface area contributed by atoms with Gasteiger partial charge in [-0.05, 0) is 62.7 Å². The van der Waals surface area contributed by atoms with Gasteiger partial charge in [-0.1, -0.05) is 30.3 Å². The number of imidazole rings is 1. The number of amides is 1. The third kappa shape index (κ3) is 4.66. The van der Waals surface area contributed by atoms with E-state index in [2.05, 4.69) is 15.4 Å². The van der Waals surface area contributed by atoms with Gasteiger partial charge in [0.1, 0.15) is 18.0 Å². The van der Waals surface area contributed by atoms with Crippen LogP contribution in [-0.2, 0) is 13.2 Å². The quantitative estimate of drug-likeness (QED) is 0.369. The van der Waals surface area contributed by atoms with Crippen LogP contribution in [0.15, 0.2) is 79.1 Å². The van der Waals surface area contributed by atoms with Gasteiger partial charge in [0.25, 0.3) is 5.91 Å². The highest BCUT2D eigenvalue weighted by Crippen LogP contribution is 2.19. The van der Waals surface area contributed by atoms with Gasteiger partial charge in [-0.2, -0.15) is 5.10 Å². The van der Waals surface area contributed by atoms with Crippen molar-refractivity contribution in [3.8, 4) is 11.4 Å². The van der Waals surface area contributed by atoms with Crippen molar-refractivity contribution in [2.24, 2.45) is 0 Å². The van der Waals surface area contributed by atoms with Gasteiger partial charge in [0.15, 0.2) is 0 Å². The topological polar surface area (TPSA) is 73.5 Å². The summed E-state index contributed by atoms with van der Waals surface area (Å²) in [5.41, 5.74) is 7.31. The highest BCUT2D eigenvalue weighted by molar-refractivity contribution is 5.94. The van der Waals surface area contributed by atoms with Crippen LogP contribution in [0.3, 0.4) is 0 Å². The molecule has 1 amide bonds. The molecule has 0 atom stereocenters. The molecular formula is C28H27N5O2. The average molecular weight is 466 g/mol. The zero-order valence-corrected chi connectivity index (χ0v) is 20.0. The zero-order valence-electron chi connectivity index (χ0n) is 20.0. The third-order valence-corrected chi connectivity index (χ3v) is 6.08. The Morgan fingerprint density at radius 2 is 1.83 bits per heavy atom. The largest absolute Gasteiger partial charge is 0.487 e. The van der Waals surface area contributed by atoms with Crippen molar-refractivity contribution in [1.82, 2.24) is 24.5 Å². The highest BCUT2D eigenvalue weighted by Gasteiger charge is 2.15. The number of nitrogens with zero attached hydrogens (tertiary/aromatic N) is 4. The van der Waals surface area contributed by atoms with Gasteiger partial charge in [0.05, 0.1) is 17.1 Å². The monoisotopic (exact) mass is 465 g/mol. The Hall–Kier alpha value is -4.39. The molecule has 176 valence electrons. The van der Waals surface area contributed by atoms with E-state index in [1.165, 1.54) is 0 Å². The second kappa shape index (κ2) is 9.46. The van der Waals surface area contributed by atoms with E-state index in [9.17, 15) is 4.79 Å². The van der Waals surface area contributed by atoms with Crippen LogP contribution in [-0.4, -0.2) is 25.1 Å². The van der Waals surface area contributed by atoms with E-state index in [1.807, 2.05) is 96.8 Å². The Balaban J connectivity index is 1.25. The minimum absolute atomic E-state index is 0.162. The van der Waals surface area contributed by atoms with Gasteiger partial charge in [-0.25, -0.2) is 9.67 Å². The second-order valence-electron chi connectivity index (χ2n) is 8.55. The Morgan fingerprint density at radius 1 is 1.00 bits per heavy atom. The SMILES string of the molecule is Cc1nn(-c2ccccc2)c(C)c1CNC(=O)c1cccc(OCc2cn3cccc(C)c3n2)c1. The molecule has 0 aliphatic carbocycles. The fraction of sp³-hybridized carbons (Fsp3) is 0.179. The molecule has 35 heavy (non-hydrogen) atoms. The van der Waals surface area contributed by atoms with Crippen molar-refractivity contribution < 1.29 is 9.53 Å². The Bertz CT molecular complexity index is 1500. The molecule has 2 aromatic carbocycles. The smallest absolute Gasteiger partial charge is 0.251 e. The molecule has 0 saturated carbocycles. The van der Waals surface area contributed by atoms with Crippen LogP contribution in [0.4, 0.5) is 0 Å². The Morgan fingerprint density at radius 3 is 2.63 bits per heavy atom. The predicted octanol–water partition coefficient (Wildman–Crippen LogP) is 4.95. The first-order valence-corrected chi connectivity index (χ1v) is 11.5. The summed E-state index contributed by atoms with van der Waals surface area (Å²) in [6.07, 6.45) is 3.93. The van der Waals surface area contributed by atoms with Crippen LogP contribution in [0.2, 0.25) is 0 Å². The molecule has 0 saturated heterocycles. The molecule has 5 rings (SSSR count). The summed E-state index contributed by atoms with van der Waals surface area (Å²) < 4.78 is 9.83. The lowest BCUT2D eigenvalue weighted by Gasteiger charge is -2.09. The van der Waals surface area contributed by atoms with Gasteiger partial charge in [-0.15, -0.1) is 0 Å². The van der Waals surface area contributed by atoms with Crippen LogP contribution in [0.25, 0.3) is 11.3 Å². The van der Waals surface area contributed by atoms with Crippen LogP contribution in [0.5, 0.6) is 5.75 Å². The van der Waals surface area contributed by atoms with Gasteiger partial charge in [-0.3, -0.25) is 4.79 Å². The number of aromatic nitrogens is 4. The number of carbonyl (C=O) groups excluding carboxylic acids is 1. The van der Waals surface area contributed by atoms with E-state index in [1.54, 1.807) is 12.1 Å². The lowest BCUT2D eigenvalue weighted by molar-refractivity contribution is 0.0950. The molecule has 0 unspecified atom stereocenters. The average Bonchev–Trinajstić information content (AvgIpc) is 3.43. The van der Waals surface area contributed by atoms with Crippen molar-refractivity contribution in [1.29, 1.82) is 0 Å². The molecule has 0 aliphatic heterocycles. The number of hydrogen-bond acceptors (Lipinski definition) is 4. The molecule has 0 fully saturated rings. The summed E-state index contributed by atoms with van der Waals surface area (Å²) in [6, 6.07) is 21.2. The van der Waals surface area contributed by atoms with E-state index in [0.717, 1.165) is 39.5 Å². The molecular weight excluding hydrogens is 438 g/mol. The number of fused-ring (bicyclic) bond motifs is 1. The minimum Gasteiger partial charge on any atom is -0.487 e. The highest BCUT2D eigenvalue weighted by atomic mass is 16.5. The van der Waals surface area contributed by atoms with Crippen LogP contribution < -0.4 is 10.1 Å². The van der Waals surface area contributed by atoms with Crippen LogP contribution in [0, 0.1) is 20.8 Å². The Kier molecular flexibility index (Phi) is 6.06. The number of benzene rings is 2. The van der Waals surface area contributed by atoms with Crippen molar-refractivity contribution in [3.05, 3.63) is 113 Å². The molecule has 3 aromatic heterocycles. The van der Waals surface area contributed by atoms with Crippen molar-refractivity contribution in [2.45, 2.75) is 33.9 Å². The molecule has 7 nitrogen and oxygen atoms in total. The van der Waals surface area contributed by atoms with Crippen molar-refractivity contribution >= 4 is 11.6 Å². The van der Waals surface area contributed by atoms with Crippen LogP contribution >= 0.6 is 0 Å². The van der Waals surface area contributed by atoms with E-state index in [-0.39, 0.29) is 5.91 Å². The minimum atomic E-state index is -0.162. The molecule has 0 aliphatic rings. The summed E-state index contributed by atoms with van der Waals surface area (Å²) >= 11 is 0. The summed E-state index contributed by atoms with van der Waals surface area (Å²) in [6.45, 7) is 6.73. The number of hydrogen-bond donors (Lipinski definition) is 1. The standard InChI is InChI=1S/C28H27N5O2/c1-19-9-8-14-32-17-23(30-27(19)32)18-35-25-13-7-10-22(15-25)28(34)29-16-26-20(2)31-33(21(26)3)24-11-5-4-6-12-24/h4-15,17H,16,18H2,1-3H3,(H,29,34). The lowest BCUT2D eigenvalue weighted by atomic mass is 10.1. The first-order valence-electron chi connectivity index (χ1n) is 11.5. The first kappa shape index (κ1) is 22.4. The maximum atomic E-state index is 12.9. The molecule has 5 aromatic rings. The Labute approximate surface area is 204 Å². The van der Waals surface area contributed by atoms with Crippen LogP contribution in [0.1, 0.15) is 38.6 Å². The summed E-state index contributed by atoms with van der Waals surface area (Å²) in [4.78, 5) is 17.5. The molecule has 0 spiro atoms. The molecule has 0 radical (unpaired) electrons. The van der Waals surface area contributed by atoms with Gasteiger partial charge in [0.2, 0.25) is 0 Å². The summed E-state index contributed by atoms with van der Waals surface area (Å²) in [5, 5.41) is 7.68. The van der Waals surface area contributed by atoms with Crippen molar-refractivity contribution in [3.63, 3.8) is 0 Å². The number of para-hydroxylation sites is 1. The van der Waals surface area contributed by atoms with Gasteiger partial charge in [0, 0.05) is 35.8 Å². The number of nitrogens with one attached hydrogen (secondary N) is 1. The number of ether oxygens (including phenoxy) is 1. The third-order valence-electron chi connectivity index (χ3n) is 6.08. The summed E-state index contributed by atoms with van der Waals surface area (Å²) in [7, 11) is 0. The fourth-order valence-corrected chi connectivity index (χ4v) is 4.18. The molecule has 7 heteroatoms. The van der Waals surface area contributed by atoms with Gasteiger partial charge < -0.3 is 14.5 Å². The number of aryl methyl sites for hydroxylation is 2. The van der Waals surface area contributed by atoms with E-state index < -0.39 is 0 Å². The molecule has 0 bridgehead atoms. The molecule has 3 heterocycles. The number of carbonyl (C=O) groups is 1. The van der Waals surface area contributed by atoms with E-state index in [4.69, 9.17) is 4.74 Å². The number of rotatable bonds is 7. The maximum Gasteiger partial charge on any atom is 0.251 e. The first-order chi connectivity index (χ1) is 17.0. The van der Waals surface area contributed by atoms with Crippen molar-refractivity contribution in [2.75, 3.05) is 0 Å². The predicted molar refractivity (Wildman–Crippen MR) is 135 cm³/mol. The normalized spacial score (nSPS) is 11.1. The number of pyridine rings is 1. The van der Waals surface area contributed by atoms with E-state index in [0.29, 0.717) is 24.5 Å². The molecule has 1 N–H and O–H groups in total. The summed E-state index contributed by atoms with van der Waals surface area (Å²) in [5.74, 6) is 0.459. The van der Waals surface area contributed by atoms with E-state index >= 15 is 0 Å².